The third-order valence-corrected chi connectivity index (χ3v) is 5.02. The number of hydrogen-bond donors (Lipinski definition) is 1. The van der Waals surface area contributed by atoms with Gasteiger partial charge in [-0.15, -0.1) is 0 Å². The molecule has 0 amide bonds. The first-order valence-electron chi connectivity index (χ1n) is 9.05. The van der Waals surface area contributed by atoms with Gasteiger partial charge in [-0.2, -0.15) is 4.98 Å². The van der Waals surface area contributed by atoms with Gasteiger partial charge in [0.1, 0.15) is 12.1 Å². The topological polar surface area (TPSA) is 100 Å². The third kappa shape index (κ3) is 4.35. The fourth-order valence-electron chi connectivity index (χ4n) is 3.19. The molecule has 1 unspecified atom stereocenters. The highest BCUT2D eigenvalue weighted by atomic mass is 32.2. The van der Waals surface area contributed by atoms with Crippen molar-refractivity contribution in [2.75, 3.05) is 17.7 Å². The van der Waals surface area contributed by atoms with Gasteiger partial charge in [-0.05, 0) is 48.6 Å². The van der Waals surface area contributed by atoms with Crippen molar-refractivity contribution in [2.24, 2.45) is 0 Å². The van der Waals surface area contributed by atoms with Crippen molar-refractivity contribution < 1.29 is 13.5 Å². The number of fused-ring (bicyclic) bond motifs is 1. The largest absolute Gasteiger partial charge is 0.772 e. The average Bonchev–Trinajstić information content (AvgIpc) is 2.72. The van der Waals surface area contributed by atoms with Crippen LogP contribution in [0.3, 0.4) is 0 Å². The molecule has 0 aliphatic carbocycles. The number of para-hydroxylation sites is 1. The fourth-order valence-corrected chi connectivity index (χ4v) is 3.59. The van der Waals surface area contributed by atoms with Crippen molar-refractivity contribution >= 4 is 22.7 Å². The molecule has 1 atom stereocenters. The number of aryl methyl sites for hydroxylation is 2. The van der Waals surface area contributed by atoms with E-state index in [1.165, 1.54) is 11.9 Å². The summed E-state index contributed by atoms with van der Waals surface area (Å²) in [7, 11) is 0. The Morgan fingerprint density at radius 1 is 1.18 bits per heavy atom. The van der Waals surface area contributed by atoms with E-state index < -0.39 is 11.1 Å². The Bertz CT molecular complexity index is 1010. The number of anilines is 2. The van der Waals surface area contributed by atoms with Crippen LogP contribution in [0.2, 0.25) is 0 Å². The van der Waals surface area contributed by atoms with Crippen molar-refractivity contribution in [1.82, 2.24) is 15.0 Å². The summed E-state index contributed by atoms with van der Waals surface area (Å²) in [6.07, 6.45) is 3.93. The second-order valence-corrected chi connectivity index (χ2v) is 7.48. The van der Waals surface area contributed by atoms with E-state index in [4.69, 9.17) is 4.74 Å². The molecule has 0 radical (unpaired) electrons. The smallest absolute Gasteiger partial charge is 0.230 e. The van der Waals surface area contributed by atoms with Gasteiger partial charge >= 0.3 is 0 Å². The lowest BCUT2D eigenvalue weighted by molar-refractivity contribution is 0.289. The molecule has 2 heterocycles. The van der Waals surface area contributed by atoms with Crippen molar-refractivity contribution in [3.63, 3.8) is 0 Å². The van der Waals surface area contributed by atoms with E-state index >= 15 is 0 Å². The summed E-state index contributed by atoms with van der Waals surface area (Å²) in [5.41, 5.74) is 3.74. The predicted molar refractivity (Wildman–Crippen MR) is 106 cm³/mol. The van der Waals surface area contributed by atoms with E-state index in [2.05, 4.69) is 26.3 Å². The van der Waals surface area contributed by atoms with E-state index in [0.717, 1.165) is 35.4 Å². The van der Waals surface area contributed by atoms with Crippen LogP contribution < -0.4 is 10.1 Å². The molecule has 0 saturated carbocycles. The minimum Gasteiger partial charge on any atom is -0.772 e. The van der Waals surface area contributed by atoms with Crippen molar-refractivity contribution in [1.29, 1.82) is 0 Å². The number of nitrogens with one attached hydrogen (secondary N) is 1. The predicted octanol–water partition coefficient (Wildman–Crippen LogP) is 3.03. The Hall–Kier alpha value is -2.84. The summed E-state index contributed by atoms with van der Waals surface area (Å²) >= 11 is -2.05. The Morgan fingerprint density at radius 3 is 2.96 bits per heavy atom. The minimum absolute atomic E-state index is 0.0957. The molecule has 28 heavy (non-hydrogen) atoms. The Kier molecular flexibility index (Phi) is 5.59. The van der Waals surface area contributed by atoms with E-state index in [1.807, 2.05) is 36.4 Å². The molecule has 1 N–H and O–H groups in total. The summed E-state index contributed by atoms with van der Waals surface area (Å²) in [5, 5.41) is 3.17. The van der Waals surface area contributed by atoms with Gasteiger partial charge in [0.25, 0.3) is 0 Å². The number of nitrogens with zero attached hydrogens (tertiary/aromatic N) is 3. The van der Waals surface area contributed by atoms with Gasteiger partial charge in [0, 0.05) is 11.4 Å². The maximum atomic E-state index is 10.8. The van der Waals surface area contributed by atoms with Crippen LogP contribution in [0.25, 0.3) is 11.4 Å². The van der Waals surface area contributed by atoms with E-state index in [0.29, 0.717) is 24.8 Å². The molecule has 7 nitrogen and oxygen atoms in total. The molecular weight excluding hydrogens is 376 g/mol. The summed E-state index contributed by atoms with van der Waals surface area (Å²) < 4.78 is 27.4. The zero-order chi connectivity index (χ0) is 19.3. The molecule has 0 bridgehead atoms. The molecule has 8 heteroatoms. The maximum Gasteiger partial charge on any atom is 0.230 e. The summed E-state index contributed by atoms with van der Waals surface area (Å²) in [6.45, 7) is 0.696. The Labute approximate surface area is 165 Å². The van der Waals surface area contributed by atoms with Gasteiger partial charge in [-0.25, -0.2) is 9.97 Å². The van der Waals surface area contributed by atoms with Gasteiger partial charge in [-0.3, -0.25) is 4.21 Å². The van der Waals surface area contributed by atoms with Crippen molar-refractivity contribution in [2.45, 2.75) is 19.3 Å². The number of ether oxygens (including phenoxy) is 1. The van der Waals surface area contributed by atoms with Crippen molar-refractivity contribution in [3.05, 3.63) is 59.9 Å². The van der Waals surface area contributed by atoms with Gasteiger partial charge < -0.3 is 14.6 Å². The first-order valence-corrected chi connectivity index (χ1v) is 10.3. The highest BCUT2D eigenvalue weighted by Gasteiger charge is 2.17. The van der Waals surface area contributed by atoms with Crippen LogP contribution in [-0.2, 0) is 23.9 Å². The normalized spacial score (nSPS) is 14.0. The molecule has 0 saturated heterocycles. The van der Waals surface area contributed by atoms with Gasteiger partial charge in [0.05, 0.1) is 12.2 Å². The van der Waals surface area contributed by atoms with Crippen LogP contribution in [0.15, 0.2) is 48.8 Å². The van der Waals surface area contributed by atoms with Crippen LogP contribution in [-0.4, -0.2) is 36.1 Å². The SMILES string of the molecule is O=S([O-])CCc1cccc(Nc2ncnc(-c3cccc4c3OCCC4)n2)c1. The number of benzene rings is 2. The number of hydrogen-bond acceptors (Lipinski definition) is 7. The molecule has 0 fully saturated rings. The van der Waals surface area contributed by atoms with Crippen LogP contribution in [0.1, 0.15) is 17.5 Å². The lowest BCUT2D eigenvalue weighted by Gasteiger charge is -2.19. The highest BCUT2D eigenvalue weighted by Crippen LogP contribution is 2.34. The van der Waals surface area contributed by atoms with Crippen LogP contribution in [0.4, 0.5) is 11.6 Å². The number of aromatic nitrogens is 3. The molecule has 1 aliphatic rings. The first kappa shape index (κ1) is 18.5. The number of rotatable bonds is 6. The molecule has 2 aromatic carbocycles. The molecule has 0 spiro atoms. The zero-order valence-corrected chi connectivity index (χ0v) is 15.9. The van der Waals surface area contributed by atoms with Gasteiger partial charge in [0.15, 0.2) is 5.82 Å². The molecule has 1 aromatic heterocycles. The van der Waals surface area contributed by atoms with Crippen LogP contribution in [0, 0.1) is 0 Å². The first-order chi connectivity index (χ1) is 13.7. The molecule has 3 aromatic rings. The maximum absolute atomic E-state index is 10.8. The van der Waals surface area contributed by atoms with Gasteiger partial charge in [-0.1, -0.05) is 35.3 Å². The monoisotopic (exact) mass is 395 g/mol. The molecule has 1 aliphatic heterocycles. The van der Waals surface area contributed by atoms with Crippen LogP contribution >= 0.6 is 0 Å². The Balaban J connectivity index is 1.57. The molecule has 4 rings (SSSR count). The highest BCUT2D eigenvalue weighted by molar-refractivity contribution is 7.79. The summed E-state index contributed by atoms with van der Waals surface area (Å²) in [4.78, 5) is 13.1. The van der Waals surface area contributed by atoms with Gasteiger partial charge in [0.2, 0.25) is 5.95 Å². The third-order valence-electron chi connectivity index (χ3n) is 4.49. The summed E-state index contributed by atoms with van der Waals surface area (Å²) in [6, 6.07) is 13.5. The standard InChI is InChI=1S/C20H20N4O3S/c25-28(26)11-9-14-4-1-7-16(12-14)23-20-22-13-21-19(24-20)17-8-2-5-15-6-3-10-27-18(15)17/h1-2,4-5,7-8,12-13H,3,6,9-11H2,(H,25,26)(H,21,22,23,24)/p-1. The average molecular weight is 395 g/mol. The summed E-state index contributed by atoms with van der Waals surface area (Å²) in [5.74, 6) is 1.91. The van der Waals surface area contributed by atoms with E-state index in [-0.39, 0.29) is 5.75 Å². The second-order valence-electron chi connectivity index (χ2n) is 6.46. The second kappa shape index (κ2) is 8.45. The fraction of sp³-hybridized carbons (Fsp3) is 0.250. The quantitative estimate of drug-likeness (QED) is 0.640. The molecular formula is C20H19N4O3S-. The Morgan fingerprint density at radius 2 is 2.07 bits per heavy atom. The minimum atomic E-state index is -2.05. The van der Waals surface area contributed by atoms with Crippen molar-refractivity contribution in [3.8, 4) is 17.1 Å². The van der Waals surface area contributed by atoms with E-state index in [1.54, 1.807) is 0 Å². The van der Waals surface area contributed by atoms with Crippen LogP contribution in [0.5, 0.6) is 5.75 Å². The van der Waals surface area contributed by atoms with E-state index in [9.17, 15) is 8.76 Å². The lowest BCUT2D eigenvalue weighted by atomic mass is 10.0. The molecule has 144 valence electrons. The zero-order valence-electron chi connectivity index (χ0n) is 15.1. The lowest BCUT2D eigenvalue weighted by Crippen LogP contribution is -2.10.